The van der Waals surface area contributed by atoms with Crippen molar-refractivity contribution in [1.29, 1.82) is 0 Å². The number of halogens is 1. The van der Waals surface area contributed by atoms with Crippen LogP contribution >= 0.6 is 22.9 Å². The smallest absolute Gasteiger partial charge is 0.258 e. The summed E-state index contributed by atoms with van der Waals surface area (Å²) in [5, 5.41) is 6.21. The molecule has 0 spiro atoms. The standard InChI is InChI=1S/C17H14ClN3O2S/c18-13-3-5-15(6-4-13)23-10-16(22)20-9-14-11-24-17(21-14)12-2-1-7-19-8-12/h1-8,11H,9-10H2,(H,20,22). The van der Waals surface area contributed by atoms with Crippen molar-refractivity contribution in [2.45, 2.75) is 6.54 Å². The van der Waals surface area contributed by atoms with Gasteiger partial charge in [0.25, 0.3) is 5.91 Å². The van der Waals surface area contributed by atoms with Crippen LogP contribution in [0.25, 0.3) is 10.6 Å². The number of rotatable bonds is 6. The van der Waals surface area contributed by atoms with Crippen molar-refractivity contribution in [1.82, 2.24) is 15.3 Å². The lowest BCUT2D eigenvalue weighted by atomic mass is 10.3. The number of nitrogens with one attached hydrogen (secondary N) is 1. The Labute approximate surface area is 148 Å². The highest BCUT2D eigenvalue weighted by Crippen LogP contribution is 2.22. The van der Waals surface area contributed by atoms with Gasteiger partial charge in [0, 0.05) is 28.4 Å². The highest BCUT2D eigenvalue weighted by atomic mass is 35.5. The molecule has 0 bridgehead atoms. The van der Waals surface area contributed by atoms with Crippen molar-refractivity contribution in [2.75, 3.05) is 6.61 Å². The molecule has 0 aliphatic heterocycles. The minimum absolute atomic E-state index is 0.0543. The molecule has 7 heteroatoms. The van der Waals surface area contributed by atoms with Gasteiger partial charge in [0.15, 0.2) is 6.61 Å². The number of thiazole rings is 1. The van der Waals surface area contributed by atoms with Crippen LogP contribution in [0, 0.1) is 0 Å². The monoisotopic (exact) mass is 359 g/mol. The average Bonchev–Trinajstić information content (AvgIpc) is 3.09. The van der Waals surface area contributed by atoms with E-state index in [4.69, 9.17) is 16.3 Å². The highest BCUT2D eigenvalue weighted by molar-refractivity contribution is 7.13. The molecule has 0 radical (unpaired) electrons. The molecule has 3 aromatic rings. The molecule has 1 N–H and O–H groups in total. The van der Waals surface area contributed by atoms with Gasteiger partial charge >= 0.3 is 0 Å². The number of aromatic nitrogens is 2. The predicted molar refractivity (Wildman–Crippen MR) is 94.1 cm³/mol. The van der Waals surface area contributed by atoms with Gasteiger partial charge < -0.3 is 10.1 Å². The van der Waals surface area contributed by atoms with E-state index < -0.39 is 0 Å². The SMILES string of the molecule is O=C(COc1ccc(Cl)cc1)NCc1csc(-c2cccnc2)n1. The van der Waals surface area contributed by atoms with E-state index in [1.165, 1.54) is 11.3 Å². The molecule has 0 aliphatic rings. The number of carbonyl (C=O) groups excluding carboxylic acids is 1. The van der Waals surface area contributed by atoms with Crippen LogP contribution in [0.4, 0.5) is 0 Å². The molecule has 1 amide bonds. The van der Waals surface area contributed by atoms with Crippen molar-refractivity contribution in [3.63, 3.8) is 0 Å². The quantitative estimate of drug-likeness (QED) is 0.731. The van der Waals surface area contributed by atoms with Crippen molar-refractivity contribution < 1.29 is 9.53 Å². The van der Waals surface area contributed by atoms with Crippen LogP contribution in [0.15, 0.2) is 54.2 Å². The lowest BCUT2D eigenvalue weighted by molar-refractivity contribution is -0.123. The van der Waals surface area contributed by atoms with Gasteiger partial charge in [0.2, 0.25) is 0 Å². The molecule has 1 aromatic carbocycles. The Kier molecular flexibility index (Phi) is 5.40. The summed E-state index contributed by atoms with van der Waals surface area (Å²) < 4.78 is 5.39. The van der Waals surface area contributed by atoms with Crippen molar-refractivity contribution in [3.05, 3.63) is 64.9 Å². The molecule has 0 saturated heterocycles. The first-order valence-electron chi connectivity index (χ1n) is 7.20. The molecule has 0 unspecified atom stereocenters. The molecule has 0 saturated carbocycles. The summed E-state index contributed by atoms with van der Waals surface area (Å²) in [4.78, 5) is 20.4. The maximum Gasteiger partial charge on any atom is 0.258 e. The van der Waals surface area contributed by atoms with E-state index in [2.05, 4.69) is 15.3 Å². The molecule has 24 heavy (non-hydrogen) atoms. The maximum absolute atomic E-state index is 11.8. The van der Waals surface area contributed by atoms with E-state index >= 15 is 0 Å². The van der Waals surface area contributed by atoms with Crippen LogP contribution in [0.3, 0.4) is 0 Å². The van der Waals surface area contributed by atoms with E-state index in [9.17, 15) is 4.79 Å². The number of hydrogen-bond acceptors (Lipinski definition) is 5. The Balaban J connectivity index is 1.48. The topological polar surface area (TPSA) is 64.1 Å². The summed E-state index contributed by atoms with van der Waals surface area (Å²) in [7, 11) is 0. The predicted octanol–water partition coefficient (Wildman–Crippen LogP) is 3.55. The second kappa shape index (κ2) is 7.90. The molecule has 0 fully saturated rings. The van der Waals surface area contributed by atoms with E-state index in [0.29, 0.717) is 17.3 Å². The molecule has 2 heterocycles. The minimum atomic E-state index is -0.208. The van der Waals surface area contributed by atoms with Gasteiger partial charge in [-0.15, -0.1) is 11.3 Å². The molecular weight excluding hydrogens is 346 g/mol. The van der Waals surface area contributed by atoms with Gasteiger partial charge in [-0.2, -0.15) is 0 Å². The fourth-order valence-corrected chi connectivity index (χ4v) is 2.87. The van der Waals surface area contributed by atoms with Gasteiger partial charge in [0.1, 0.15) is 10.8 Å². The zero-order valence-electron chi connectivity index (χ0n) is 12.6. The third-order valence-electron chi connectivity index (χ3n) is 3.11. The van der Waals surface area contributed by atoms with Gasteiger partial charge in [-0.25, -0.2) is 4.98 Å². The lowest BCUT2D eigenvalue weighted by Crippen LogP contribution is -2.28. The van der Waals surface area contributed by atoms with Crippen LogP contribution in [0.2, 0.25) is 5.02 Å². The first-order valence-corrected chi connectivity index (χ1v) is 8.46. The Morgan fingerprint density at radius 1 is 1.25 bits per heavy atom. The maximum atomic E-state index is 11.8. The van der Waals surface area contributed by atoms with Crippen LogP contribution in [0.1, 0.15) is 5.69 Å². The van der Waals surface area contributed by atoms with Crippen molar-refractivity contribution >= 4 is 28.8 Å². The van der Waals surface area contributed by atoms with Gasteiger partial charge in [0.05, 0.1) is 12.2 Å². The average molecular weight is 360 g/mol. The van der Waals surface area contributed by atoms with E-state index in [1.807, 2.05) is 17.5 Å². The van der Waals surface area contributed by atoms with E-state index in [0.717, 1.165) is 16.3 Å². The van der Waals surface area contributed by atoms with Crippen LogP contribution < -0.4 is 10.1 Å². The number of amides is 1. The van der Waals surface area contributed by atoms with Crippen LogP contribution in [-0.4, -0.2) is 22.5 Å². The normalized spacial score (nSPS) is 10.4. The summed E-state index contributed by atoms with van der Waals surface area (Å²) in [6, 6.07) is 10.7. The molecular formula is C17H14ClN3O2S. The summed E-state index contributed by atoms with van der Waals surface area (Å²) >= 11 is 7.31. The molecule has 2 aromatic heterocycles. The number of pyridine rings is 1. The van der Waals surface area contributed by atoms with Crippen LogP contribution in [-0.2, 0) is 11.3 Å². The third-order valence-corrected chi connectivity index (χ3v) is 4.30. The Morgan fingerprint density at radius 3 is 2.83 bits per heavy atom. The molecule has 122 valence electrons. The Hall–Kier alpha value is -2.44. The number of nitrogens with zero attached hydrogens (tertiary/aromatic N) is 2. The minimum Gasteiger partial charge on any atom is -0.484 e. The molecule has 3 rings (SSSR count). The zero-order valence-corrected chi connectivity index (χ0v) is 14.2. The molecule has 5 nitrogen and oxygen atoms in total. The molecule has 0 atom stereocenters. The fraction of sp³-hybridized carbons (Fsp3) is 0.118. The fourth-order valence-electron chi connectivity index (χ4n) is 1.93. The molecule has 0 aliphatic carbocycles. The zero-order chi connectivity index (χ0) is 16.8. The number of hydrogen-bond donors (Lipinski definition) is 1. The van der Waals surface area contributed by atoms with Crippen LogP contribution in [0.5, 0.6) is 5.75 Å². The number of carbonyl (C=O) groups is 1. The van der Waals surface area contributed by atoms with E-state index in [-0.39, 0.29) is 12.5 Å². The first kappa shape index (κ1) is 16.4. The largest absolute Gasteiger partial charge is 0.484 e. The second-order valence-corrected chi connectivity index (χ2v) is 6.20. The van der Waals surface area contributed by atoms with Gasteiger partial charge in [-0.1, -0.05) is 11.6 Å². The number of benzene rings is 1. The summed E-state index contributed by atoms with van der Waals surface area (Å²) in [5.41, 5.74) is 1.77. The second-order valence-electron chi connectivity index (χ2n) is 4.91. The van der Waals surface area contributed by atoms with E-state index in [1.54, 1.807) is 36.7 Å². The third kappa shape index (κ3) is 4.53. The Morgan fingerprint density at radius 2 is 2.08 bits per heavy atom. The van der Waals surface area contributed by atoms with Crippen molar-refractivity contribution in [2.24, 2.45) is 0 Å². The van der Waals surface area contributed by atoms with Gasteiger partial charge in [-0.3, -0.25) is 9.78 Å². The summed E-state index contributed by atoms with van der Waals surface area (Å²) in [6.07, 6.45) is 3.49. The number of ether oxygens (including phenoxy) is 1. The van der Waals surface area contributed by atoms with Crippen molar-refractivity contribution in [3.8, 4) is 16.3 Å². The summed E-state index contributed by atoms with van der Waals surface area (Å²) in [5.74, 6) is 0.392. The first-order chi connectivity index (χ1) is 11.7. The Bertz CT molecular complexity index is 806. The lowest BCUT2D eigenvalue weighted by Gasteiger charge is -2.06. The summed E-state index contributed by atoms with van der Waals surface area (Å²) in [6.45, 7) is 0.306. The van der Waals surface area contributed by atoms with Gasteiger partial charge in [-0.05, 0) is 36.4 Å². The highest BCUT2D eigenvalue weighted by Gasteiger charge is 2.07.